The van der Waals surface area contributed by atoms with Crippen LogP contribution < -0.4 is 10.6 Å². The fourth-order valence-corrected chi connectivity index (χ4v) is 2.23. The van der Waals surface area contributed by atoms with Crippen molar-refractivity contribution in [2.75, 3.05) is 23.7 Å². The van der Waals surface area contributed by atoms with Crippen molar-refractivity contribution in [2.24, 2.45) is 0 Å². The largest absolute Gasteiger partial charge is 0.370 e. The number of aromatic nitrogens is 2. The molecule has 0 atom stereocenters. The van der Waals surface area contributed by atoms with Gasteiger partial charge in [-0.3, -0.25) is 0 Å². The van der Waals surface area contributed by atoms with E-state index in [0.29, 0.717) is 5.95 Å². The van der Waals surface area contributed by atoms with Crippen LogP contribution in [0.2, 0.25) is 5.02 Å². The number of hydrogen-bond donors (Lipinski definition) is 2. The normalized spacial score (nSPS) is 10.5. The van der Waals surface area contributed by atoms with Crippen molar-refractivity contribution in [3.8, 4) is 0 Å². The lowest BCUT2D eigenvalue weighted by molar-refractivity contribution is 0.742. The Kier molecular flexibility index (Phi) is 6.97. The van der Waals surface area contributed by atoms with Crippen LogP contribution in [-0.2, 0) is 6.42 Å². The first-order valence-corrected chi connectivity index (χ1v) is 8.21. The highest BCUT2D eigenvalue weighted by Crippen LogP contribution is 2.10. The molecular formula is C17H23ClN4. The fraction of sp³-hybridized carbons (Fsp3) is 0.412. The topological polar surface area (TPSA) is 49.8 Å². The van der Waals surface area contributed by atoms with Gasteiger partial charge in [0.2, 0.25) is 5.95 Å². The van der Waals surface area contributed by atoms with Gasteiger partial charge in [0.05, 0.1) is 0 Å². The van der Waals surface area contributed by atoms with Crippen LogP contribution in [0.4, 0.5) is 11.8 Å². The van der Waals surface area contributed by atoms with Crippen molar-refractivity contribution in [3.63, 3.8) is 0 Å². The molecule has 0 saturated heterocycles. The Morgan fingerprint density at radius 1 is 1.00 bits per heavy atom. The zero-order valence-electron chi connectivity index (χ0n) is 13.0. The predicted octanol–water partition coefficient (Wildman–Crippen LogP) is 4.39. The summed E-state index contributed by atoms with van der Waals surface area (Å²) in [7, 11) is 0. The molecule has 0 amide bonds. The van der Waals surface area contributed by atoms with Gasteiger partial charge in [-0.05, 0) is 36.6 Å². The molecule has 0 aliphatic heterocycles. The van der Waals surface area contributed by atoms with E-state index in [1.165, 1.54) is 24.8 Å². The molecule has 0 aliphatic rings. The summed E-state index contributed by atoms with van der Waals surface area (Å²) in [6, 6.07) is 9.80. The van der Waals surface area contributed by atoms with E-state index >= 15 is 0 Å². The third-order valence-electron chi connectivity index (χ3n) is 3.35. The fourth-order valence-electron chi connectivity index (χ4n) is 2.10. The van der Waals surface area contributed by atoms with Crippen LogP contribution in [0.3, 0.4) is 0 Å². The van der Waals surface area contributed by atoms with Gasteiger partial charge in [-0.15, -0.1) is 0 Å². The first-order chi connectivity index (χ1) is 10.8. The Labute approximate surface area is 137 Å². The maximum Gasteiger partial charge on any atom is 0.224 e. The molecule has 0 saturated carbocycles. The van der Waals surface area contributed by atoms with Crippen LogP contribution in [0.15, 0.2) is 36.5 Å². The monoisotopic (exact) mass is 318 g/mol. The highest BCUT2D eigenvalue weighted by Gasteiger charge is 1.99. The second-order valence-electron chi connectivity index (χ2n) is 5.20. The highest BCUT2D eigenvalue weighted by molar-refractivity contribution is 6.30. The molecule has 0 fully saturated rings. The van der Waals surface area contributed by atoms with Crippen molar-refractivity contribution in [1.82, 2.24) is 9.97 Å². The van der Waals surface area contributed by atoms with E-state index in [0.717, 1.165) is 30.4 Å². The number of nitrogens with one attached hydrogen (secondary N) is 2. The molecule has 1 aromatic carbocycles. The van der Waals surface area contributed by atoms with Gasteiger partial charge in [-0.1, -0.05) is 43.5 Å². The molecule has 0 radical (unpaired) electrons. The van der Waals surface area contributed by atoms with E-state index in [2.05, 4.69) is 27.5 Å². The zero-order valence-corrected chi connectivity index (χ0v) is 13.7. The summed E-state index contributed by atoms with van der Waals surface area (Å²) in [6.45, 7) is 3.95. The lowest BCUT2D eigenvalue weighted by Gasteiger charge is -2.08. The second-order valence-corrected chi connectivity index (χ2v) is 5.64. The molecule has 0 unspecified atom stereocenters. The highest BCUT2D eigenvalue weighted by atomic mass is 35.5. The number of anilines is 2. The molecule has 5 heteroatoms. The second kappa shape index (κ2) is 9.26. The van der Waals surface area contributed by atoms with Crippen molar-refractivity contribution >= 4 is 23.4 Å². The molecule has 22 heavy (non-hydrogen) atoms. The molecule has 0 bridgehead atoms. The minimum Gasteiger partial charge on any atom is -0.370 e. The molecule has 1 heterocycles. The van der Waals surface area contributed by atoms with E-state index in [9.17, 15) is 0 Å². The Hall–Kier alpha value is -1.81. The molecule has 2 aromatic rings. The van der Waals surface area contributed by atoms with Crippen LogP contribution in [-0.4, -0.2) is 23.1 Å². The third-order valence-corrected chi connectivity index (χ3v) is 3.60. The van der Waals surface area contributed by atoms with Gasteiger partial charge in [0, 0.05) is 24.3 Å². The summed E-state index contributed by atoms with van der Waals surface area (Å²) in [6.07, 6.45) is 6.32. The molecule has 0 spiro atoms. The molecular weight excluding hydrogens is 296 g/mol. The zero-order chi connectivity index (χ0) is 15.6. The van der Waals surface area contributed by atoms with E-state index in [1.54, 1.807) is 6.20 Å². The summed E-state index contributed by atoms with van der Waals surface area (Å²) in [5.41, 5.74) is 1.24. The van der Waals surface area contributed by atoms with E-state index < -0.39 is 0 Å². The van der Waals surface area contributed by atoms with Crippen LogP contribution in [0.25, 0.3) is 0 Å². The van der Waals surface area contributed by atoms with Gasteiger partial charge in [0.1, 0.15) is 5.82 Å². The van der Waals surface area contributed by atoms with Gasteiger partial charge in [0.25, 0.3) is 0 Å². The Morgan fingerprint density at radius 3 is 2.59 bits per heavy atom. The van der Waals surface area contributed by atoms with Crippen LogP contribution in [0, 0.1) is 0 Å². The standard InChI is InChI=1S/C17H23ClN4/c1-2-3-4-11-19-16-10-13-21-17(22-16)20-12-9-14-5-7-15(18)8-6-14/h5-8,10,13H,2-4,9,11-12H2,1H3,(H2,19,20,21,22). The first kappa shape index (κ1) is 16.6. The summed E-state index contributed by atoms with van der Waals surface area (Å²) in [5.74, 6) is 1.54. The summed E-state index contributed by atoms with van der Waals surface area (Å²) < 4.78 is 0. The minimum atomic E-state index is 0.662. The molecule has 2 rings (SSSR count). The van der Waals surface area contributed by atoms with Crippen LogP contribution in [0.5, 0.6) is 0 Å². The number of benzene rings is 1. The number of nitrogens with zero attached hydrogens (tertiary/aromatic N) is 2. The van der Waals surface area contributed by atoms with Crippen molar-refractivity contribution in [2.45, 2.75) is 32.6 Å². The molecule has 2 N–H and O–H groups in total. The Balaban J connectivity index is 1.76. The average molecular weight is 319 g/mol. The molecule has 1 aromatic heterocycles. The Bertz CT molecular complexity index is 557. The van der Waals surface area contributed by atoms with E-state index in [4.69, 9.17) is 11.6 Å². The number of hydrogen-bond acceptors (Lipinski definition) is 4. The van der Waals surface area contributed by atoms with Crippen LogP contribution in [0.1, 0.15) is 31.7 Å². The van der Waals surface area contributed by atoms with Gasteiger partial charge in [-0.25, -0.2) is 4.98 Å². The van der Waals surface area contributed by atoms with E-state index in [-0.39, 0.29) is 0 Å². The number of rotatable bonds is 9. The molecule has 0 aliphatic carbocycles. The summed E-state index contributed by atoms with van der Waals surface area (Å²) >= 11 is 5.88. The van der Waals surface area contributed by atoms with Crippen molar-refractivity contribution < 1.29 is 0 Å². The van der Waals surface area contributed by atoms with E-state index in [1.807, 2.05) is 30.3 Å². The van der Waals surface area contributed by atoms with Gasteiger partial charge in [-0.2, -0.15) is 4.98 Å². The first-order valence-electron chi connectivity index (χ1n) is 7.83. The smallest absolute Gasteiger partial charge is 0.224 e. The minimum absolute atomic E-state index is 0.662. The van der Waals surface area contributed by atoms with Crippen molar-refractivity contribution in [3.05, 3.63) is 47.1 Å². The molecule has 4 nitrogen and oxygen atoms in total. The average Bonchev–Trinajstić information content (AvgIpc) is 2.54. The lowest BCUT2D eigenvalue weighted by Crippen LogP contribution is -2.10. The summed E-state index contributed by atoms with van der Waals surface area (Å²) in [4.78, 5) is 8.71. The van der Waals surface area contributed by atoms with Gasteiger partial charge < -0.3 is 10.6 Å². The van der Waals surface area contributed by atoms with Gasteiger partial charge >= 0.3 is 0 Å². The maximum atomic E-state index is 5.88. The summed E-state index contributed by atoms with van der Waals surface area (Å²) in [5, 5.41) is 7.35. The number of halogens is 1. The SMILES string of the molecule is CCCCCNc1ccnc(NCCc2ccc(Cl)cc2)n1. The molecule has 118 valence electrons. The Morgan fingerprint density at radius 2 is 1.82 bits per heavy atom. The predicted molar refractivity (Wildman–Crippen MR) is 93.7 cm³/mol. The quantitative estimate of drug-likeness (QED) is 0.673. The number of unbranched alkanes of at least 4 members (excludes halogenated alkanes) is 2. The van der Waals surface area contributed by atoms with Gasteiger partial charge in [0.15, 0.2) is 0 Å². The third kappa shape index (κ3) is 5.90. The van der Waals surface area contributed by atoms with Crippen molar-refractivity contribution in [1.29, 1.82) is 0 Å². The lowest BCUT2D eigenvalue weighted by atomic mass is 10.1. The maximum absolute atomic E-state index is 5.88. The van der Waals surface area contributed by atoms with Crippen LogP contribution >= 0.6 is 11.6 Å².